The number of aryl methyl sites for hydroxylation is 19. The zero-order valence-electron chi connectivity index (χ0n) is 55.1. The van der Waals surface area contributed by atoms with Gasteiger partial charge in [0.05, 0.1) is 0 Å². The van der Waals surface area contributed by atoms with Crippen molar-refractivity contribution in [1.29, 1.82) is 0 Å². The molecule has 0 aromatic carbocycles. The summed E-state index contributed by atoms with van der Waals surface area (Å²) in [5.41, 5.74) is 22.0. The zero-order chi connectivity index (χ0) is 59.3. The minimum Gasteiger partial charge on any atom is -0.476 e. The van der Waals surface area contributed by atoms with Crippen LogP contribution in [0.5, 0.6) is 0 Å². The van der Waals surface area contributed by atoms with Crippen LogP contribution in [0.4, 0.5) is 0 Å². The molecule has 0 aliphatic carbocycles. The van der Waals surface area contributed by atoms with Gasteiger partial charge in [0.25, 0.3) is 0 Å². The molecule has 92 heavy (non-hydrogen) atoms. The Morgan fingerprint density at radius 2 is 0.783 bits per heavy atom. The number of fused-ring (bicyclic) bond motifs is 7. The molecule has 0 amide bonds. The van der Waals surface area contributed by atoms with Gasteiger partial charge in [0, 0.05) is 347 Å². The monoisotopic (exact) mass is 2360 g/mol. The second-order valence-corrected chi connectivity index (χ2v) is 19.9. The van der Waals surface area contributed by atoms with Crippen molar-refractivity contribution in [2.75, 3.05) is 0 Å². The van der Waals surface area contributed by atoms with Gasteiger partial charge in [-0.2, -0.15) is 42.3 Å². The third-order valence-corrected chi connectivity index (χ3v) is 13.7. The second kappa shape index (κ2) is 44.1. The van der Waals surface area contributed by atoms with Gasteiger partial charge in [-0.15, -0.1) is 106 Å². The van der Waals surface area contributed by atoms with Crippen molar-refractivity contribution in [1.82, 2.24) is 97.3 Å². The number of pyridine rings is 3. The van der Waals surface area contributed by atoms with Gasteiger partial charge >= 0.3 is 0 Å². The van der Waals surface area contributed by atoms with Gasteiger partial charge in [0.1, 0.15) is 5.82 Å². The van der Waals surface area contributed by atoms with Crippen LogP contribution in [0.15, 0.2) is 43.4 Å². The third-order valence-electron chi connectivity index (χ3n) is 13.7. The topological polar surface area (TPSA) is 202 Å². The van der Waals surface area contributed by atoms with Gasteiger partial charge in [-0.3, -0.25) is 9.36 Å². The molecule has 6 radical (unpaired) electrons. The molecule has 0 aliphatic rings. The van der Waals surface area contributed by atoms with Crippen LogP contribution in [0.25, 0.3) is 71.2 Å². The fourth-order valence-corrected chi connectivity index (χ4v) is 10.1. The molecule has 14 aromatic heterocycles. The van der Waals surface area contributed by atoms with E-state index in [1.165, 1.54) is 32.6 Å². The van der Waals surface area contributed by atoms with Gasteiger partial charge in [-0.1, -0.05) is 102 Å². The first-order valence-corrected chi connectivity index (χ1v) is 26.1. The molecule has 20 nitrogen and oxygen atoms in total. The maximum atomic E-state index is 4.35. The summed E-state index contributed by atoms with van der Waals surface area (Å²) >= 11 is 0. The van der Waals surface area contributed by atoms with E-state index in [2.05, 4.69) is 139 Å². The molecule has 0 saturated heterocycles. The van der Waals surface area contributed by atoms with E-state index < -0.39 is 0 Å². The number of imidazole rings is 1. The second-order valence-electron chi connectivity index (χ2n) is 19.9. The summed E-state index contributed by atoms with van der Waals surface area (Å²) in [6, 6.07) is 0. The number of aromatic nitrogens is 20. The fraction of sp³-hybridized carbons (Fsp3) is 0.306. The average Bonchev–Trinajstić information content (AvgIpc) is 1.98. The molecule has 14 rings (SSSR count). The number of hydrogen-bond donors (Lipinski definition) is 0. The average molecular weight is 2360 g/mol. The first-order valence-electron chi connectivity index (χ1n) is 26.1. The maximum absolute atomic E-state index is 4.35. The molecule has 0 fully saturated rings. The van der Waals surface area contributed by atoms with Crippen LogP contribution >= 0.6 is 0 Å². The molecule has 464 valence electrons. The van der Waals surface area contributed by atoms with Crippen molar-refractivity contribution < 1.29 is 281 Å². The van der Waals surface area contributed by atoms with E-state index in [0.29, 0.717) is 0 Å². The SMILES string of the molecule is Cc1[c-]n(C)c2c(C)[c-]ncc12.Cc1[c-]n(C)c2cn[c-]nc12.Cc1[c-]n(C)c2cnnc(C)c12.Cc1[c-]ncc2c1c(C)[c-]n2C.Cc1[c-]ncc2c1c(C)nn2C.Cc1nc(C)n2c(C)[c-]ncc12.Cc1nn(C)c2cn[c-]nc12.[W].[W].[W].[W].[Y].[Y].[Y].[Y].[Y].[Y]. The molecule has 0 atom stereocenters. The standard InChI is InChI=1S/2C10H10N2.3C9H10N3.C8H7N3.C7H7N4.4W.6Y/c1-7-4-11-5-9-10(7)8(2)6-12(9)3;1-7-4-11-5-9-8(2)6-12(3)10(7)9;1-6-5-12(3)8-4-10-11-7(2)9(6)8;1-6-4-10-5-8-9(6)7(2)11-12(8)3;1-6-4-10-5-9-7(2)11-8(3)12(6)9;1-6-4-11(2)7-3-9-5-10-8(6)7;1-5-7-6(11(2)10-5)3-8-4-9-7;;;;;;;;;;/h2*5H,1-3H3;4H,1-3H3;2*5H,1-3H3;2*3H,1-2H3;;;;;;;;;;/q2*-2;3*-1;-2;-1;;;;;;;;;;. The number of rotatable bonds is 0. The molecule has 30 heteroatoms. The molecular weight excluding hydrogens is 2290 g/mol. The van der Waals surface area contributed by atoms with Gasteiger partial charge in [0.2, 0.25) is 0 Å². The Kier molecular flexibility index (Phi) is 46.0. The maximum Gasteiger partial charge on any atom is 0.107 e. The predicted molar refractivity (Wildman–Crippen MR) is 316 cm³/mol. The number of hydrogen-bond acceptors (Lipinski definition) is 13. The minimum atomic E-state index is 0. The Balaban J connectivity index is -0.000000987. The molecule has 0 bridgehead atoms. The van der Waals surface area contributed by atoms with Crippen LogP contribution in [0, 0.1) is 152 Å². The van der Waals surface area contributed by atoms with Crippen molar-refractivity contribution in [3.8, 4) is 0 Å². The first-order chi connectivity index (χ1) is 39.1. The summed E-state index contributed by atoms with van der Waals surface area (Å²) in [7, 11) is 11.7. The van der Waals surface area contributed by atoms with Crippen molar-refractivity contribution in [2.45, 2.75) is 90.0 Å². The molecule has 0 spiro atoms. The first kappa shape index (κ1) is 96.0. The number of nitrogens with zero attached hydrogens (tertiary/aromatic N) is 20. The van der Waals surface area contributed by atoms with Gasteiger partial charge in [-0.05, 0) is 80.8 Å². The van der Waals surface area contributed by atoms with Crippen LogP contribution < -0.4 is 0 Å². The van der Waals surface area contributed by atoms with E-state index in [1.54, 1.807) is 35.7 Å². The van der Waals surface area contributed by atoms with Crippen LogP contribution in [0.2, 0.25) is 0 Å². The molecular formula is C62H64N20W4Y6-10. The van der Waals surface area contributed by atoms with Crippen LogP contribution in [0.1, 0.15) is 73.2 Å². The van der Waals surface area contributed by atoms with E-state index in [-0.39, 0.29) is 281 Å². The summed E-state index contributed by atoms with van der Waals surface area (Å²) in [5, 5.41) is 21.1. The van der Waals surface area contributed by atoms with Crippen molar-refractivity contribution in [3.63, 3.8) is 0 Å². The Bertz CT molecular complexity index is 3950. The Morgan fingerprint density at radius 1 is 0.348 bits per heavy atom. The summed E-state index contributed by atoms with van der Waals surface area (Å²) in [4.78, 5) is 36.0. The fourth-order valence-electron chi connectivity index (χ4n) is 10.1. The van der Waals surface area contributed by atoms with Crippen molar-refractivity contribution in [2.24, 2.45) is 42.3 Å². The quantitative estimate of drug-likeness (QED) is 0.130. The largest absolute Gasteiger partial charge is 0.476 e. The minimum absolute atomic E-state index is 0. The van der Waals surface area contributed by atoms with Crippen LogP contribution in [-0.2, 0) is 323 Å². The summed E-state index contributed by atoms with van der Waals surface area (Å²) < 4.78 is 13.5. The van der Waals surface area contributed by atoms with Crippen LogP contribution in [0.3, 0.4) is 0 Å². The van der Waals surface area contributed by atoms with E-state index in [4.69, 9.17) is 0 Å². The summed E-state index contributed by atoms with van der Waals surface area (Å²) in [6.07, 6.45) is 42.0. The van der Waals surface area contributed by atoms with Crippen LogP contribution in [-0.4, -0.2) is 97.3 Å². The van der Waals surface area contributed by atoms with Gasteiger partial charge in [0.15, 0.2) is 0 Å². The van der Waals surface area contributed by atoms with E-state index in [9.17, 15) is 0 Å². The van der Waals surface area contributed by atoms with Crippen molar-refractivity contribution >= 4 is 71.2 Å². The van der Waals surface area contributed by atoms with E-state index >= 15 is 0 Å². The molecule has 14 aromatic rings. The Morgan fingerprint density at radius 3 is 1.33 bits per heavy atom. The van der Waals surface area contributed by atoms with Crippen molar-refractivity contribution in [3.05, 3.63) is 179 Å². The Hall–Kier alpha value is -0.213. The zero-order valence-corrected chi connectivity index (χ0v) is 83.8. The normalized spacial score (nSPS) is 9.68. The van der Waals surface area contributed by atoms with E-state index in [1.807, 2.05) is 161 Å². The van der Waals surface area contributed by atoms with Gasteiger partial charge in [-0.25, -0.2) is 4.98 Å². The predicted octanol–water partition coefficient (Wildman–Crippen LogP) is 9.13. The van der Waals surface area contributed by atoms with Gasteiger partial charge < -0.3 is 62.5 Å². The molecule has 0 N–H and O–H groups in total. The Labute approximate surface area is 747 Å². The molecule has 14 heterocycles. The summed E-state index contributed by atoms with van der Waals surface area (Å²) in [5.74, 6) is 0.999. The molecule has 0 unspecified atom stereocenters. The summed E-state index contributed by atoms with van der Waals surface area (Å²) in [6.45, 7) is 26.0. The molecule has 0 aliphatic heterocycles. The van der Waals surface area contributed by atoms with E-state index in [0.717, 1.165) is 112 Å². The molecule has 0 saturated carbocycles. The smallest absolute Gasteiger partial charge is 0.107 e. The third kappa shape index (κ3) is 22.9.